The molecular weight excluding hydrogens is 466 g/mol. The summed E-state index contributed by atoms with van der Waals surface area (Å²) in [7, 11) is 1.89. The van der Waals surface area contributed by atoms with Gasteiger partial charge in [0.1, 0.15) is 12.0 Å². The van der Waals surface area contributed by atoms with Crippen molar-refractivity contribution in [2.75, 3.05) is 48.3 Å². The molecule has 2 N–H and O–H groups in total. The molecule has 4 heterocycles. The highest BCUT2D eigenvalue weighted by Gasteiger charge is 2.45. The molecule has 2 saturated heterocycles. The maximum absolute atomic E-state index is 13.8. The number of piperazine rings is 1. The van der Waals surface area contributed by atoms with Crippen molar-refractivity contribution in [1.82, 2.24) is 20.2 Å². The molecule has 0 aliphatic carbocycles. The summed E-state index contributed by atoms with van der Waals surface area (Å²) in [5, 5.41) is 6.98. The van der Waals surface area contributed by atoms with Crippen LogP contribution < -0.4 is 20.4 Å². The van der Waals surface area contributed by atoms with Crippen molar-refractivity contribution in [3.8, 4) is 0 Å². The zero-order valence-corrected chi connectivity index (χ0v) is 21.1. The van der Waals surface area contributed by atoms with Gasteiger partial charge < -0.3 is 25.3 Å². The lowest BCUT2D eigenvalue weighted by molar-refractivity contribution is -0.133. The minimum atomic E-state index is -0.270. The fourth-order valence-corrected chi connectivity index (χ4v) is 5.64. The fraction of sp³-hybridized carbons (Fsp3) is 0.520. The number of nitrogens with zero attached hydrogens (tertiary/aromatic N) is 5. The van der Waals surface area contributed by atoms with E-state index in [1.807, 2.05) is 41.1 Å². The minimum absolute atomic E-state index is 0.0775. The molecule has 2 amide bonds. The Morgan fingerprint density at radius 2 is 1.86 bits per heavy atom. The molecule has 2 unspecified atom stereocenters. The van der Waals surface area contributed by atoms with Crippen molar-refractivity contribution in [2.45, 2.75) is 50.7 Å². The fourth-order valence-electron chi connectivity index (χ4n) is 5.51. The first-order valence-electron chi connectivity index (χ1n) is 12.2. The summed E-state index contributed by atoms with van der Waals surface area (Å²) in [6.07, 6.45) is 3.51. The van der Waals surface area contributed by atoms with Crippen LogP contribution in [-0.4, -0.2) is 78.0 Å². The minimum Gasteiger partial charge on any atom is -0.359 e. The smallest absolute Gasteiger partial charge is 0.245 e. The molecular formula is C25H32ClN7O2. The lowest BCUT2D eigenvalue weighted by atomic mass is 9.96. The molecule has 186 valence electrons. The molecule has 3 aliphatic heterocycles. The van der Waals surface area contributed by atoms with Crippen LogP contribution in [0.3, 0.4) is 0 Å². The van der Waals surface area contributed by atoms with E-state index in [4.69, 9.17) is 11.6 Å². The van der Waals surface area contributed by atoms with Gasteiger partial charge in [0, 0.05) is 49.8 Å². The number of aromatic nitrogens is 2. The van der Waals surface area contributed by atoms with Crippen LogP contribution >= 0.6 is 11.6 Å². The van der Waals surface area contributed by atoms with Crippen LogP contribution in [0.1, 0.15) is 38.2 Å². The van der Waals surface area contributed by atoms with Crippen LogP contribution in [0.2, 0.25) is 5.02 Å². The molecule has 1 aromatic carbocycles. The molecule has 10 heteroatoms. The number of likely N-dealkylation sites (tertiary alicyclic amines) is 1. The number of carbonyl (C=O) groups is 2. The van der Waals surface area contributed by atoms with Crippen molar-refractivity contribution < 1.29 is 9.59 Å². The van der Waals surface area contributed by atoms with Gasteiger partial charge in [-0.15, -0.1) is 0 Å². The van der Waals surface area contributed by atoms with Gasteiger partial charge in [0.05, 0.1) is 12.5 Å². The second kappa shape index (κ2) is 9.62. The van der Waals surface area contributed by atoms with Gasteiger partial charge in [-0.05, 0) is 30.5 Å². The standard InChI is InChI=1S/C25H32ClN7O2/c1-15(2)27-10-20(16-4-6-17(26)7-5-16)25(35)32-11-18-8-9-19(12-32)33(18)24-22-23(28-14-29-24)30-21(34)13-31(22)3/h4-7,14-15,18-20,27H,8-13H2,1-3H3,(H,28,29,30,34)/t18?,19?,20-/m1/s1. The molecule has 5 rings (SSSR count). The van der Waals surface area contributed by atoms with Crippen molar-refractivity contribution in [3.05, 3.63) is 41.2 Å². The molecule has 2 fully saturated rings. The molecule has 35 heavy (non-hydrogen) atoms. The van der Waals surface area contributed by atoms with Crippen molar-refractivity contribution in [3.63, 3.8) is 0 Å². The van der Waals surface area contributed by atoms with Gasteiger partial charge in [-0.3, -0.25) is 9.59 Å². The van der Waals surface area contributed by atoms with E-state index in [9.17, 15) is 9.59 Å². The topological polar surface area (TPSA) is 93.7 Å². The molecule has 9 nitrogen and oxygen atoms in total. The Kier molecular flexibility index (Phi) is 6.55. The normalized spacial score (nSPS) is 22.3. The van der Waals surface area contributed by atoms with Gasteiger partial charge in [0.25, 0.3) is 0 Å². The Labute approximate surface area is 210 Å². The molecule has 2 aromatic rings. The largest absolute Gasteiger partial charge is 0.359 e. The van der Waals surface area contributed by atoms with E-state index in [0.29, 0.717) is 30.5 Å². The molecule has 3 atom stereocenters. The summed E-state index contributed by atoms with van der Waals surface area (Å²) in [5.74, 6) is 1.19. The third-order valence-corrected chi connectivity index (χ3v) is 7.41. The van der Waals surface area contributed by atoms with E-state index < -0.39 is 0 Å². The number of hydrogen-bond donors (Lipinski definition) is 2. The highest BCUT2D eigenvalue weighted by molar-refractivity contribution is 6.30. The first-order chi connectivity index (χ1) is 16.8. The molecule has 0 saturated carbocycles. The monoisotopic (exact) mass is 497 g/mol. The van der Waals surface area contributed by atoms with Crippen LogP contribution in [0.25, 0.3) is 0 Å². The first-order valence-corrected chi connectivity index (χ1v) is 12.6. The highest BCUT2D eigenvalue weighted by atomic mass is 35.5. The summed E-state index contributed by atoms with van der Waals surface area (Å²) in [5.41, 5.74) is 1.83. The third kappa shape index (κ3) is 4.67. The Hall–Kier alpha value is -2.91. The predicted octanol–water partition coefficient (Wildman–Crippen LogP) is 2.48. The van der Waals surface area contributed by atoms with E-state index in [-0.39, 0.29) is 42.4 Å². The Morgan fingerprint density at radius 1 is 1.17 bits per heavy atom. The second-order valence-electron chi connectivity index (χ2n) is 10.0. The maximum Gasteiger partial charge on any atom is 0.245 e. The van der Waals surface area contributed by atoms with Gasteiger partial charge in [-0.2, -0.15) is 0 Å². The number of rotatable bonds is 6. The van der Waals surface area contributed by atoms with E-state index in [1.54, 1.807) is 0 Å². The van der Waals surface area contributed by atoms with E-state index in [2.05, 4.69) is 39.3 Å². The number of amides is 2. The summed E-state index contributed by atoms with van der Waals surface area (Å²) in [4.78, 5) is 41.0. The Morgan fingerprint density at radius 3 is 2.51 bits per heavy atom. The number of carbonyl (C=O) groups excluding carboxylic acids is 2. The molecule has 1 aromatic heterocycles. The average Bonchev–Trinajstić information content (AvgIpc) is 3.08. The number of anilines is 3. The second-order valence-corrected chi connectivity index (χ2v) is 10.4. The summed E-state index contributed by atoms with van der Waals surface area (Å²) in [6, 6.07) is 8.23. The summed E-state index contributed by atoms with van der Waals surface area (Å²) in [6.45, 7) is 6.32. The third-order valence-electron chi connectivity index (χ3n) is 7.16. The van der Waals surface area contributed by atoms with Gasteiger partial charge in [-0.1, -0.05) is 37.6 Å². The first kappa shape index (κ1) is 23.8. The number of halogens is 1. The van der Waals surface area contributed by atoms with Crippen LogP contribution in [-0.2, 0) is 9.59 Å². The molecule has 3 aliphatic rings. The van der Waals surface area contributed by atoms with E-state index in [0.717, 1.165) is 29.9 Å². The number of hydrogen-bond acceptors (Lipinski definition) is 7. The Balaban J connectivity index is 1.38. The average molecular weight is 498 g/mol. The molecule has 0 radical (unpaired) electrons. The van der Waals surface area contributed by atoms with Crippen LogP contribution in [0, 0.1) is 0 Å². The zero-order chi connectivity index (χ0) is 24.7. The van der Waals surface area contributed by atoms with Gasteiger partial charge in [-0.25, -0.2) is 9.97 Å². The van der Waals surface area contributed by atoms with Crippen molar-refractivity contribution in [1.29, 1.82) is 0 Å². The molecule has 0 spiro atoms. The van der Waals surface area contributed by atoms with Crippen molar-refractivity contribution in [2.24, 2.45) is 0 Å². The maximum atomic E-state index is 13.8. The lowest BCUT2D eigenvalue weighted by Crippen LogP contribution is -2.57. The van der Waals surface area contributed by atoms with E-state index in [1.165, 1.54) is 6.33 Å². The van der Waals surface area contributed by atoms with Gasteiger partial charge >= 0.3 is 0 Å². The van der Waals surface area contributed by atoms with Gasteiger partial charge in [0.15, 0.2) is 11.6 Å². The number of nitrogens with one attached hydrogen (secondary N) is 2. The quantitative estimate of drug-likeness (QED) is 0.633. The number of benzene rings is 1. The van der Waals surface area contributed by atoms with Crippen LogP contribution in [0.15, 0.2) is 30.6 Å². The van der Waals surface area contributed by atoms with Gasteiger partial charge in [0.2, 0.25) is 11.8 Å². The highest BCUT2D eigenvalue weighted by Crippen LogP contribution is 2.42. The lowest BCUT2D eigenvalue weighted by Gasteiger charge is -2.44. The van der Waals surface area contributed by atoms with Crippen LogP contribution in [0.5, 0.6) is 0 Å². The Bertz CT molecular complexity index is 1100. The zero-order valence-electron chi connectivity index (χ0n) is 20.4. The number of likely N-dealkylation sites (N-methyl/N-ethyl adjacent to an activating group) is 1. The summed E-state index contributed by atoms with van der Waals surface area (Å²) >= 11 is 6.11. The predicted molar refractivity (Wildman–Crippen MR) is 137 cm³/mol. The molecule has 2 bridgehead atoms. The van der Waals surface area contributed by atoms with Crippen LogP contribution in [0.4, 0.5) is 17.3 Å². The number of fused-ring (bicyclic) bond motifs is 3. The summed E-state index contributed by atoms with van der Waals surface area (Å²) < 4.78 is 0. The van der Waals surface area contributed by atoms with E-state index >= 15 is 0 Å². The SMILES string of the molecule is CC(C)NC[C@@H](C(=O)N1CC2CCC(C1)N2c1ncnc2c1N(C)CC(=O)N2)c1ccc(Cl)cc1. The van der Waals surface area contributed by atoms with Crippen molar-refractivity contribution >= 4 is 40.7 Å².